The molecule has 0 radical (unpaired) electrons. The average molecular weight is 359 g/mol. The summed E-state index contributed by atoms with van der Waals surface area (Å²) < 4.78 is 44.1. The fraction of sp³-hybridized carbons (Fsp3) is 0.562. The zero-order chi connectivity index (χ0) is 18.8. The fourth-order valence-corrected chi connectivity index (χ4v) is 2.92. The van der Waals surface area contributed by atoms with Gasteiger partial charge in [-0.15, -0.1) is 0 Å². The number of ether oxygens (including phenoxy) is 1. The summed E-state index contributed by atoms with van der Waals surface area (Å²) in [6.45, 7) is 2.62. The lowest BCUT2D eigenvalue weighted by atomic mass is 9.97. The first kappa shape index (κ1) is 19.0. The van der Waals surface area contributed by atoms with E-state index in [1.54, 1.807) is 13.0 Å². The van der Waals surface area contributed by atoms with Gasteiger partial charge in [-0.05, 0) is 25.8 Å². The predicted octanol–water partition coefficient (Wildman–Crippen LogP) is 2.07. The minimum atomic E-state index is -4.48. The Bertz CT molecular complexity index is 664. The number of methoxy groups -OCH3 is 1. The van der Waals surface area contributed by atoms with Gasteiger partial charge in [0.1, 0.15) is 6.04 Å². The Morgan fingerprint density at radius 1 is 1.32 bits per heavy atom. The molecule has 2 amide bonds. The highest BCUT2D eigenvalue weighted by atomic mass is 19.4. The molecular weight excluding hydrogens is 339 g/mol. The van der Waals surface area contributed by atoms with Gasteiger partial charge < -0.3 is 15.0 Å². The monoisotopic (exact) mass is 359 g/mol. The van der Waals surface area contributed by atoms with Gasteiger partial charge in [0.25, 0.3) is 5.91 Å². The summed E-state index contributed by atoms with van der Waals surface area (Å²) in [6, 6.07) is 0.657. The molecule has 1 aliphatic rings. The molecule has 2 rings (SSSR count). The van der Waals surface area contributed by atoms with Crippen LogP contribution in [0.25, 0.3) is 0 Å². The van der Waals surface area contributed by atoms with Crippen LogP contribution in [-0.2, 0) is 4.79 Å². The maximum atomic E-state index is 13.0. The van der Waals surface area contributed by atoms with E-state index < -0.39 is 30.1 Å². The van der Waals surface area contributed by atoms with E-state index in [0.717, 1.165) is 11.8 Å². The van der Waals surface area contributed by atoms with Crippen LogP contribution in [0.15, 0.2) is 12.1 Å². The smallest absolute Gasteiger partial charge is 0.408 e. The van der Waals surface area contributed by atoms with Crippen LogP contribution >= 0.6 is 0 Å². The summed E-state index contributed by atoms with van der Waals surface area (Å²) in [5.74, 6) is -0.832. The lowest BCUT2D eigenvalue weighted by molar-refractivity contribution is -0.196. The number of halogens is 3. The zero-order valence-electron chi connectivity index (χ0n) is 14.2. The van der Waals surface area contributed by atoms with Crippen LogP contribution in [0.1, 0.15) is 35.8 Å². The number of pyridine rings is 1. The number of aryl methyl sites for hydroxylation is 1. The van der Waals surface area contributed by atoms with Crippen molar-refractivity contribution in [3.8, 4) is 5.88 Å². The number of likely N-dealkylation sites (tertiary alicyclic amines) is 1. The van der Waals surface area contributed by atoms with E-state index in [0.29, 0.717) is 11.3 Å². The molecule has 1 aliphatic heterocycles. The quantitative estimate of drug-likeness (QED) is 0.897. The molecule has 2 atom stereocenters. The third-order valence-electron chi connectivity index (χ3n) is 4.10. The maximum Gasteiger partial charge on any atom is 0.408 e. The van der Waals surface area contributed by atoms with Gasteiger partial charge in [-0.2, -0.15) is 13.2 Å². The number of nitrogens with zero attached hydrogens (tertiary/aromatic N) is 2. The zero-order valence-corrected chi connectivity index (χ0v) is 14.2. The van der Waals surface area contributed by atoms with Gasteiger partial charge in [0.15, 0.2) is 0 Å². The van der Waals surface area contributed by atoms with Crippen molar-refractivity contribution in [3.05, 3.63) is 23.4 Å². The summed E-state index contributed by atoms with van der Waals surface area (Å²) >= 11 is 0. The molecule has 0 spiro atoms. The molecule has 1 N–H and O–H groups in total. The second-order valence-electron chi connectivity index (χ2n) is 6.02. The lowest BCUT2D eigenvalue weighted by Crippen LogP contribution is -2.57. The van der Waals surface area contributed by atoms with Crippen LogP contribution in [0.3, 0.4) is 0 Å². The molecule has 25 heavy (non-hydrogen) atoms. The van der Waals surface area contributed by atoms with Gasteiger partial charge in [-0.3, -0.25) is 9.59 Å². The number of carbonyl (C=O) groups excluding carboxylic acids is 2. The molecule has 0 aliphatic carbocycles. The molecule has 2 heterocycles. The van der Waals surface area contributed by atoms with Crippen LogP contribution in [0.2, 0.25) is 0 Å². The third-order valence-corrected chi connectivity index (χ3v) is 4.10. The summed E-state index contributed by atoms with van der Waals surface area (Å²) in [4.78, 5) is 28.8. The van der Waals surface area contributed by atoms with E-state index in [-0.39, 0.29) is 25.3 Å². The Hall–Kier alpha value is -2.32. The molecule has 0 unspecified atom stereocenters. The van der Waals surface area contributed by atoms with Gasteiger partial charge in [-0.1, -0.05) is 0 Å². The molecule has 0 bridgehead atoms. The molecule has 6 nitrogen and oxygen atoms in total. The van der Waals surface area contributed by atoms with Gasteiger partial charge in [0.2, 0.25) is 11.8 Å². The van der Waals surface area contributed by atoms with Crippen molar-refractivity contribution in [1.29, 1.82) is 0 Å². The Balaban J connectivity index is 2.10. The largest absolute Gasteiger partial charge is 0.481 e. The van der Waals surface area contributed by atoms with Crippen LogP contribution in [0.5, 0.6) is 5.88 Å². The van der Waals surface area contributed by atoms with Crippen molar-refractivity contribution in [2.75, 3.05) is 13.7 Å². The van der Waals surface area contributed by atoms with E-state index in [2.05, 4.69) is 10.3 Å². The summed E-state index contributed by atoms with van der Waals surface area (Å²) in [6.07, 6.45) is -4.58. The third kappa shape index (κ3) is 4.61. The number of nitrogens with one attached hydrogen (secondary N) is 1. The molecule has 1 aromatic rings. The average Bonchev–Trinajstić information content (AvgIpc) is 2.52. The van der Waals surface area contributed by atoms with Crippen LogP contribution < -0.4 is 10.1 Å². The highest BCUT2D eigenvalue weighted by molar-refractivity contribution is 5.94. The first-order valence-electron chi connectivity index (χ1n) is 7.79. The molecule has 9 heteroatoms. The molecule has 138 valence electrons. The first-order valence-corrected chi connectivity index (χ1v) is 7.79. The Morgan fingerprint density at radius 3 is 2.56 bits per heavy atom. The highest BCUT2D eigenvalue weighted by Crippen LogP contribution is 2.32. The van der Waals surface area contributed by atoms with Crippen LogP contribution in [0, 0.1) is 6.92 Å². The molecule has 1 aromatic heterocycles. The minimum Gasteiger partial charge on any atom is -0.481 e. The second-order valence-corrected chi connectivity index (χ2v) is 6.02. The first-order chi connectivity index (χ1) is 11.6. The van der Waals surface area contributed by atoms with Crippen molar-refractivity contribution < 1.29 is 27.5 Å². The van der Waals surface area contributed by atoms with E-state index in [9.17, 15) is 22.8 Å². The van der Waals surface area contributed by atoms with Crippen LogP contribution in [0.4, 0.5) is 13.2 Å². The standard InChI is InChI=1S/C16H20F3N3O3/c1-9-6-11(7-14(20-9)25-3)15(24)21-12-4-5-13(16(17,18)19)22(8-12)10(2)23/h6-7,12-13H,4-5,8H2,1-3H3,(H,21,24)/t12-,13-/m1/s1. The summed E-state index contributed by atoms with van der Waals surface area (Å²) in [5, 5.41) is 2.69. The van der Waals surface area contributed by atoms with Crippen LogP contribution in [-0.4, -0.2) is 53.6 Å². The number of rotatable bonds is 3. The van der Waals surface area contributed by atoms with Gasteiger partial charge in [0.05, 0.1) is 7.11 Å². The number of carbonyl (C=O) groups is 2. The van der Waals surface area contributed by atoms with Crippen molar-refractivity contribution >= 4 is 11.8 Å². The topological polar surface area (TPSA) is 71.5 Å². The Labute approximate surface area is 143 Å². The SMILES string of the molecule is COc1cc(C(=O)N[C@@H]2CC[C@H](C(F)(F)F)N(C(C)=O)C2)cc(C)n1. The van der Waals surface area contributed by atoms with Crippen molar-refractivity contribution in [3.63, 3.8) is 0 Å². The number of hydrogen-bond acceptors (Lipinski definition) is 4. The predicted molar refractivity (Wildman–Crippen MR) is 83.2 cm³/mol. The highest BCUT2D eigenvalue weighted by Gasteiger charge is 2.47. The summed E-state index contributed by atoms with van der Waals surface area (Å²) in [5.41, 5.74) is 0.882. The number of aromatic nitrogens is 1. The minimum absolute atomic E-state index is 0.140. The number of alkyl halides is 3. The van der Waals surface area contributed by atoms with E-state index in [4.69, 9.17) is 4.74 Å². The van der Waals surface area contributed by atoms with Crippen molar-refractivity contribution in [2.24, 2.45) is 0 Å². The maximum absolute atomic E-state index is 13.0. The second kappa shape index (κ2) is 7.28. The van der Waals surface area contributed by atoms with Gasteiger partial charge in [-0.25, -0.2) is 4.98 Å². The van der Waals surface area contributed by atoms with E-state index >= 15 is 0 Å². The molecule has 1 fully saturated rings. The molecule has 1 saturated heterocycles. The van der Waals surface area contributed by atoms with Crippen molar-refractivity contribution in [2.45, 2.75) is 44.9 Å². The van der Waals surface area contributed by atoms with Gasteiger partial charge >= 0.3 is 6.18 Å². The Kier molecular flexibility index (Phi) is 5.54. The summed E-state index contributed by atoms with van der Waals surface area (Å²) in [7, 11) is 1.42. The molecule has 0 aromatic carbocycles. The van der Waals surface area contributed by atoms with Gasteiger partial charge in [0, 0.05) is 36.8 Å². The molecule has 0 saturated carbocycles. The Morgan fingerprint density at radius 2 is 2.00 bits per heavy atom. The normalized spacial score (nSPS) is 21.0. The lowest BCUT2D eigenvalue weighted by Gasteiger charge is -2.40. The number of hydrogen-bond donors (Lipinski definition) is 1. The molecular formula is C16H20F3N3O3. The van der Waals surface area contributed by atoms with E-state index in [1.165, 1.54) is 13.2 Å². The number of piperidine rings is 1. The van der Waals surface area contributed by atoms with Crippen molar-refractivity contribution in [1.82, 2.24) is 15.2 Å². The van der Waals surface area contributed by atoms with E-state index in [1.807, 2.05) is 0 Å². The fourth-order valence-electron chi connectivity index (χ4n) is 2.92. The number of amides is 2.